The van der Waals surface area contributed by atoms with E-state index in [1.807, 2.05) is 0 Å². The van der Waals surface area contributed by atoms with Gasteiger partial charge in [-0.3, -0.25) is 4.79 Å². The molecule has 0 fully saturated rings. The van der Waals surface area contributed by atoms with Crippen LogP contribution in [0.15, 0.2) is 12.2 Å². The van der Waals surface area contributed by atoms with Crippen molar-refractivity contribution in [1.29, 1.82) is 0 Å². The zero-order valence-electron chi connectivity index (χ0n) is 9.32. The number of carbonyl (C=O) groups excluding carboxylic acids is 1. The van der Waals surface area contributed by atoms with Crippen molar-refractivity contribution in [3.8, 4) is 0 Å². The zero-order valence-corrected chi connectivity index (χ0v) is 9.32. The molecule has 2 atom stereocenters. The van der Waals surface area contributed by atoms with Crippen molar-refractivity contribution >= 4 is 5.97 Å². The molecule has 0 saturated carbocycles. The maximum atomic E-state index is 11.7. The molecule has 1 aliphatic carbocycles. The van der Waals surface area contributed by atoms with Gasteiger partial charge in [-0.25, -0.2) is 0 Å². The number of hydrogen-bond acceptors (Lipinski definition) is 3. The summed E-state index contributed by atoms with van der Waals surface area (Å²) in [6.45, 7) is 2.69. The Bertz CT molecular complexity index is 223. The number of allylic oxidation sites excluding steroid dienone is 2. The highest BCUT2D eigenvalue weighted by atomic mass is 16.5. The molecule has 0 aliphatic heterocycles. The fourth-order valence-electron chi connectivity index (χ4n) is 1.77. The Morgan fingerprint density at radius 2 is 2.13 bits per heavy atom. The highest BCUT2D eigenvalue weighted by Crippen LogP contribution is 2.25. The van der Waals surface area contributed by atoms with Gasteiger partial charge in [0.25, 0.3) is 0 Å². The monoisotopic (exact) mass is 212 g/mol. The second-order valence-corrected chi connectivity index (χ2v) is 4.12. The molecule has 1 rings (SSSR count). The van der Waals surface area contributed by atoms with Gasteiger partial charge in [0.05, 0.1) is 12.5 Å². The summed E-state index contributed by atoms with van der Waals surface area (Å²) in [6, 6.07) is 0. The van der Waals surface area contributed by atoms with E-state index in [9.17, 15) is 4.79 Å². The molecule has 0 amide bonds. The summed E-state index contributed by atoms with van der Waals surface area (Å²) in [6.07, 6.45) is 7.41. The number of carbonyl (C=O) groups is 1. The van der Waals surface area contributed by atoms with Gasteiger partial charge in [-0.1, -0.05) is 19.1 Å². The van der Waals surface area contributed by atoms with E-state index < -0.39 is 0 Å². The Balaban J connectivity index is 2.24. The van der Waals surface area contributed by atoms with Crippen LogP contribution in [-0.4, -0.2) is 24.3 Å². The Hall–Kier alpha value is -0.830. The molecule has 0 saturated heterocycles. The summed E-state index contributed by atoms with van der Waals surface area (Å²) in [4.78, 5) is 11.7. The van der Waals surface area contributed by atoms with E-state index in [1.165, 1.54) is 0 Å². The summed E-state index contributed by atoms with van der Waals surface area (Å²) in [7, 11) is 0. The van der Waals surface area contributed by atoms with Crippen LogP contribution in [0.5, 0.6) is 0 Å². The van der Waals surface area contributed by atoms with E-state index in [1.54, 1.807) is 0 Å². The first-order chi connectivity index (χ1) is 7.25. The maximum absolute atomic E-state index is 11.7. The maximum Gasteiger partial charge on any atom is 0.309 e. The minimum Gasteiger partial charge on any atom is -0.465 e. The third-order valence-corrected chi connectivity index (χ3v) is 2.85. The molecule has 0 radical (unpaired) electrons. The van der Waals surface area contributed by atoms with Crippen molar-refractivity contribution in [3.63, 3.8) is 0 Å². The minimum atomic E-state index is -0.0789. The topological polar surface area (TPSA) is 46.5 Å². The van der Waals surface area contributed by atoms with Crippen molar-refractivity contribution in [2.24, 2.45) is 11.8 Å². The van der Waals surface area contributed by atoms with Crippen molar-refractivity contribution in [1.82, 2.24) is 0 Å². The average molecular weight is 212 g/mol. The zero-order chi connectivity index (χ0) is 11.1. The lowest BCUT2D eigenvalue weighted by atomic mass is 9.84. The first-order valence-corrected chi connectivity index (χ1v) is 5.68. The molecule has 2 unspecified atom stereocenters. The van der Waals surface area contributed by atoms with Crippen LogP contribution >= 0.6 is 0 Å². The lowest BCUT2D eigenvalue weighted by Crippen LogP contribution is -2.25. The fraction of sp³-hybridized carbons (Fsp3) is 0.750. The van der Waals surface area contributed by atoms with Crippen LogP contribution in [0, 0.1) is 11.8 Å². The predicted molar refractivity (Wildman–Crippen MR) is 58.3 cm³/mol. The number of aliphatic hydroxyl groups is 1. The lowest BCUT2D eigenvalue weighted by molar-refractivity contribution is -0.150. The SMILES string of the molecule is CC1CC=CCC1C(=O)OCCCCO. The molecule has 0 aromatic carbocycles. The van der Waals surface area contributed by atoms with Crippen molar-refractivity contribution < 1.29 is 14.6 Å². The van der Waals surface area contributed by atoms with Crippen LogP contribution in [0.3, 0.4) is 0 Å². The predicted octanol–water partition coefficient (Wildman–Crippen LogP) is 1.90. The van der Waals surface area contributed by atoms with E-state index in [4.69, 9.17) is 9.84 Å². The first kappa shape index (κ1) is 12.2. The Labute approximate surface area is 91.1 Å². The molecule has 15 heavy (non-hydrogen) atoms. The van der Waals surface area contributed by atoms with Gasteiger partial charge in [-0.05, 0) is 31.6 Å². The van der Waals surface area contributed by atoms with Gasteiger partial charge in [0.15, 0.2) is 0 Å². The van der Waals surface area contributed by atoms with Crippen LogP contribution in [0.1, 0.15) is 32.6 Å². The summed E-state index contributed by atoms with van der Waals surface area (Å²) in [5, 5.41) is 8.57. The molecule has 1 aliphatic rings. The van der Waals surface area contributed by atoms with Crippen molar-refractivity contribution in [3.05, 3.63) is 12.2 Å². The largest absolute Gasteiger partial charge is 0.465 e. The normalized spacial score (nSPS) is 25.2. The summed E-state index contributed by atoms with van der Waals surface area (Å²) in [5.41, 5.74) is 0. The van der Waals surface area contributed by atoms with Gasteiger partial charge in [0, 0.05) is 6.61 Å². The first-order valence-electron chi connectivity index (χ1n) is 5.68. The molecule has 0 bridgehead atoms. The van der Waals surface area contributed by atoms with Crippen LogP contribution in [-0.2, 0) is 9.53 Å². The van der Waals surface area contributed by atoms with E-state index in [0.717, 1.165) is 19.3 Å². The molecule has 1 N–H and O–H groups in total. The van der Waals surface area contributed by atoms with Crippen LogP contribution in [0.2, 0.25) is 0 Å². The van der Waals surface area contributed by atoms with Gasteiger partial charge in [-0.15, -0.1) is 0 Å². The van der Waals surface area contributed by atoms with E-state index in [2.05, 4.69) is 19.1 Å². The standard InChI is InChI=1S/C12H20O3/c1-10-6-2-3-7-11(10)12(14)15-9-5-4-8-13/h2-3,10-11,13H,4-9H2,1H3. The number of unbranched alkanes of at least 4 members (excludes halogenated alkanes) is 1. The van der Waals surface area contributed by atoms with Crippen LogP contribution < -0.4 is 0 Å². The summed E-state index contributed by atoms with van der Waals surface area (Å²) < 4.78 is 5.17. The molecule has 0 aromatic rings. The van der Waals surface area contributed by atoms with E-state index in [-0.39, 0.29) is 18.5 Å². The van der Waals surface area contributed by atoms with E-state index in [0.29, 0.717) is 18.9 Å². The third-order valence-electron chi connectivity index (χ3n) is 2.85. The third kappa shape index (κ3) is 4.04. The van der Waals surface area contributed by atoms with Gasteiger partial charge in [0.2, 0.25) is 0 Å². The number of hydrogen-bond donors (Lipinski definition) is 1. The Kier molecular flexibility index (Phi) is 5.40. The Morgan fingerprint density at radius 3 is 2.80 bits per heavy atom. The highest BCUT2D eigenvalue weighted by Gasteiger charge is 2.26. The number of aliphatic hydroxyl groups excluding tert-OH is 1. The number of ether oxygens (including phenoxy) is 1. The highest BCUT2D eigenvalue weighted by molar-refractivity contribution is 5.73. The summed E-state index contributed by atoms with van der Waals surface area (Å²) >= 11 is 0. The molecule has 3 heteroatoms. The molecular formula is C12H20O3. The second kappa shape index (κ2) is 6.62. The van der Waals surface area contributed by atoms with Crippen molar-refractivity contribution in [2.45, 2.75) is 32.6 Å². The minimum absolute atomic E-state index is 0.0316. The molecular weight excluding hydrogens is 192 g/mol. The van der Waals surface area contributed by atoms with Gasteiger partial charge < -0.3 is 9.84 Å². The summed E-state index contributed by atoms with van der Waals surface area (Å²) in [5.74, 6) is 0.342. The molecule has 86 valence electrons. The van der Waals surface area contributed by atoms with Crippen LogP contribution in [0.4, 0.5) is 0 Å². The number of rotatable bonds is 5. The Morgan fingerprint density at radius 1 is 1.40 bits per heavy atom. The fourth-order valence-corrected chi connectivity index (χ4v) is 1.77. The molecule has 3 nitrogen and oxygen atoms in total. The molecule has 0 aromatic heterocycles. The molecule has 0 heterocycles. The van der Waals surface area contributed by atoms with Gasteiger partial charge >= 0.3 is 5.97 Å². The van der Waals surface area contributed by atoms with Gasteiger partial charge in [0.1, 0.15) is 0 Å². The quantitative estimate of drug-likeness (QED) is 0.430. The average Bonchev–Trinajstić information content (AvgIpc) is 2.25. The lowest BCUT2D eigenvalue weighted by Gasteiger charge is -2.23. The molecule has 0 spiro atoms. The van der Waals surface area contributed by atoms with Crippen LogP contribution in [0.25, 0.3) is 0 Å². The smallest absolute Gasteiger partial charge is 0.309 e. The second-order valence-electron chi connectivity index (χ2n) is 4.12. The van der Waals surface area contributed by atoms with Gasteiger partial charge in [-0.2, -0.15) is 0 Å². The van der Waals surface area contributed by atoms with Crippen molar-refractivity contribution in [2.75, 3.05) is 13.2 Å². The number of esters is 1. The van der Waals surface area contributed by atoms with E-state index >= 15 is 0 Å².